The third-order valence-corrected chi connectivity index (χ3v) is 1.77. The fourth-order valence-electron chi connectivity index (χ4n) is 0.958. The van der Waals surface area contributed by atoms with E-state index in [1.165, 1.54) is 6.07 Å². The molecule has 0 N–H and O–H groups in total. The van der Waals surface area contributed by atoms with Crippen molar-refractivity contribution in [1.29, 1.82) is 0 Å². The fourth-order valence-corrected chi connectivity index (χ4v) is 1.09. The van der Waals surface area contributed by atoms with Crippen LogP contribution in [0.15, 0.2) is 24.4 Å². The summed E-state index contributed by atoms with van der Waals surface area (Å²) in [6, 6.07) is 4.77. The summed E-state index contributed by atoms with van der Waals surface area (Å²) in [6.07, 6.45) is 1.59. The monoisotopic (exact) mass is 182 g/mol. The van der Waals surface area contributed by atoms with Crippen molar-refractivity contribution in [2.24, 2.45) is 0 Å². The largest absolute Gasteiger partial charge is 0.237 e. The van der Waals surface area contributed by atoms with Gasteiger partial charge in [-0.1, -0.05) is 11.6 Å². The van der Waals surface area contributed by atoms with Gasteiger partial charge in [-0.25, -0.2) is 14.4 Å². The Morgan fingerprint density at radius 3 is 3.08 bits per heavy atom. The van der Waals surface area contributed by atoms with Gasteiger partial charge in [0.2, 0.25) is 0 Å². The molecule has 2 aromatic rings. The van der Waals surface area contributed by atoms with Gasteiger partial charge in [0.05, 0.1) is 0 Å². The molecule has 0 aliphatic heterocycles. The number of fused-ring (bicyclic) bond motifs is 1. The molecule has 0 spiro atoms. The Kier molecular flexibility index (Phi) is 1.66. The standard InChI is InChI=1S/C8H4ClFN2/c9-7-6(10)4-5-2-1-3-11-8(5)12-7/h1-4H. The third-order valence-electron chi connectivity index (χ3n) is 1.50. The normalized spacial score (nSPS) is 10.5. The summed E-state index contributed by atoms with van der Waals surface area (Å²) in [5.41, 5.74) is 0.462. The van der Waals surface area contributed by atoms with Crippen LogP contribution in [-0.2, 0) is 0 Å². The van der Waals surface area contributed by atoms with Crippen molar-refractivity contribution < 1.29 is 4.39 Å². The zero-order valence-corrected chi connectivity index (χ0v) is 6.72. The lowest BCUT2D eigenvalue weighted by Gasteiger charge is -1.96. The van der Waals surface area contributed by atoms with Crippen LogP contribution in [0.3, 0.4) is 0 Å². The molecule has 0 radical (unpaired) electrons. The van der Waals surface area contributed by atoms with Crippen LogP contribution in [0.4, 0.5) is 4.39 Å². The molecular formula is C8H4ClFN2. The first-order valence-electron chi connectivity index (χ1n) is 3.34. The molecule has 0 aliphatic carbocycles. The minimum absolute atomic E-state index is 0.138. The molecule has 4 heteroatoms. The first-order valence-corrected chi connectivity index (χ1v) is 3.72. The maximum Gasteiger partial charge on any atom is 0.167 e. The van der Waals surface area contributed by atoms with E-state index in [1.807, 2.05) is 0 Å². The summed E-state index contributed by atoms with van der Waals surface area (Å²) in [5, 5.41) is 0.514. The van der Waals surface area contributed by atoms with Crippen molar-refractivity contribution >= 4 is 22.6 Å². The number of aromatic nitrogens is 2. The second-order valence-electron chi connectivity index (χ2n) is 2.31. The van der Waals surface area contributed by atoms with Crippen molar-refractivity contribution in [3.8, 4) is 0 Å². The van der Waals surface area contributed by atoms with E-state index in [0.717, 1.165) is 0 Å². The summed E-state index contributed by atoms with van der Waals surface area (Å²) in [7, 11) is 0. The highest BCUT2D eigenvalue weighted by molar-refractivity contribution is 6.29. The van der Waals surface area contributed by atoms with Crippen molar-refractivity contribution in [3.05, 3.63) is 35.4 Å². The number of halogens is 2. The van der Waals surface area contributed by atoms with E-state index < -0.39 is 5.82 Å². The van der Waals surface area contributed by atoms with Crippen LogP contribution in [0.1, 0.15) is 0 Å². The quantitative estimate of drug-likeness (QED) is 0.585. The molecule has 0 saturated carbocycles. The average Bonchev–Trinajstić information content (AvgIpc) is 2.07. The molecule has 0 saturated heterocycles. The van der Waals surface area contributed by atoms with Gasteiger partial charge in [0.1, 0.15) is 0 Å². The number of hydrogen-bond donors (Lipinski definition) is 0. The second kappa shape index (κ2) is 2.68. The van der Waals surface area contributed by atoms with Crippen LogP contribution < -0.4 is 0 Å². The van der Waals surface area contributed by atoms with Gasteiger partial charge in [-0.05, 0) is 18.2 Å². The van der Waals surface area contributed by atoms with Crippen LogP contribution in [-0.4, -0.2) is 9.97 Å². The molecule has 0 amide bonds. The molecule has 12 heavy (non-hydrogen) atoms. The SMILES string of the molecule is Fc1cc2cccnc2nc1Cl. The van der Waals surface area contributed by atoms with Gasteiger partial charge in [0.15, 0.2) is 16.6 Å². The highest BCUT2D eigenvalue weighted by Gasteiger charge is 2.02. The van der Waals surface area contributed by atoms with Gasteiger partial charge in [-0.3, -0.25) is 0 Å². The van der Waals surface area contributed by atoms with Crippen molar-refractivity contribution in [2.75, 3.05) is 0 Å². The number of hydrogen-bond acceptors (Lipinski definition) is 2. The Morgan fingerprint density at radius 2 is 2.25 bits per heavy atom. The van der Waals surface area contributed by atoms with E-state index in [0.29, 0.717) is 11.0 Å². The maximum absolute atomic E-state index is 12.8. The van der Waals surface area contributed by atoms with Crippen molar-refractivity contribution in [3.63, 3.8) is 0 Å². The maximum atomic E-state index is 12.8. The summed E-state index contributed by atoms with van der Waals surface area (Å²) in [6.45, 7) is 0. The molecule has 0 unspecified atom stereocenters. The highest BCUT2D eigenvalue weighted by Crippen LogP contribution is 2.16. The topological polar surface area (TPSA) is 25.8 Å². The van der Waals surface area contributed by atoms with Crippen LogP contribution in [0.5, 0.6) is 0 Å². The molecule has 2 nitrogen and oxygen atoms in total. The molecule has 0 aliphatic rings. The summed E-state index contributed by atoms with van der Waals surface area (Å²) < 4.78 is 12.8. The molecule has 2 heterocycles. The van der Waals surface area contributed by atoms with E-state index >= 15 is 0 Å². The molecule has 0 bridgehead atoms. The molecule has 2 rings (SSSR count). The van der Waals surface area contributed by atoms with Crippen LogP contribution >= 0.6 is 11.6 Å². The summed E-state index contributed by atoms with van der Waals surface area (Å²) >= 11 is 5.46. The van der Waals surface area contributed by atoms with Crippen LogP contribution in [0.2, 0.25) is 5.15 Å². The predicted octanol–water partition coefficient (Wildman–Crippen LogP) is 2.42. The smallest absolute Gasteiger partial charge is 0.167 e. The third kappa shape index (κ3) is 1.12. The van der Waals surface area contributed by atoms with Gasteiger partial charge in [0, 0.05) is 11.6 Å². The van der Waals surface area contributed by atoms with E-state index in [4.69, 9.17) is 11.6 Å². The minimum atomic E-state index is -0.517. The zero-order valence-electron chi connectivity index (χ0n) is 5.96. The second-order valence-corrected chi connectivity index (χ2v) is 2.67. The van der Waals surface area contributed by atoms with E-state index in [9.17, 15) is 4.39 Å². The molecule has 2 aromatic heterocycles. The van der Waals surface area contributed by atoms with Gasteiger partial charge >= 0.3 is 0 Å². The summed E-state index contributed by atoms with van der Waals surface area (Å²) in [4.78, 5) is 7.68. The zero-order chi connectivity index (χ0) is 8.55. The number of pyridine rings is 2. The fraction of sp³-hybridized carbons (Fsp3) is 0. The van der Waals surface area contributed by atoms with Gasteiger partial charge in [-0.2, -0.15) is 0 Å². The molecule has 0 atom stereocenters. The average molecular weight is 183 g/mol. The van der Waals surface area contributed by atoms with Crippen molar-refractivity contribution in [2.45, 2.75) is 0 Å². The Morgan fingerprint density at radius 1 is 1.42 bits per heavy atom. The van der Waals surface area contributed by atoms with Crippen molar-refractivity contribution in [1.82, 2.24) is 9.97 Å². The first kappa shape index (κ1) is 7.43. The molecule has 0 aromatic carbocycles. The minimum Gasteiger partial charge on any atom is -0.237 e. The Hall–Kier alpha value is -1.22. The Labute approximate surface area is 73.0 Å². The van der Waals surface area contributed by atoms with Gasteiger partial charge in [0.25, 0.3) is 0 Å². The summed E-state index contributed by atoms with van der Waals surface area (Å²) in [5.74, 6) is -0.517. The number of nitrogens with zero attached hydrogens (tertiary/aromatic N) is 2. The molecule has 0 fully saturated rings. The Balaban J connectivity index is 2.84. The van der Waals surface area contributed by atoms with Crippen LogP contribution in [0.25, 0.3) is 11.0 Å². The lowest BCUT2D eigenvalue weighted by Crippen LogP contribution is -1.86. The van der Waals surface area contributed by atoms with E-state index in [1.54, 1.807) is 18.3 Å². The van der Waals surface area contributed by atoms with E-state index in [-0.39, 0.29) is 5.15 Å². The van der Waals surface area contributed by atoms with Crippen LogP contribution in [0, 0.1) is 5.82 Å². The van der Waals surface area contributed by atoms with Gasteiger partial charge in [-0.15, -0.1) is 0 Å². The first-order chi connectivity index (χ1) is 5.77. The van der Waals surface area contributed by atoms with E-state index in [2.05, 4.69) is 9.97 Å². The lowest BCUT2D eigenvalue weighted by atomic mass is 10.3. The molecular weight excluding hydrogens is 179 g/mol. The number of rotatable bonds is 0. The van der Waals surface area contributed by atoms with Gasteiger partial charge < -0.3 is 0 Å². The predicted molar refractivity (Wildman–Crippen MR) is 44.5 cm³/mol. The molecule has 60 valence electrons. The Bertz CT molecular complexity index is 390. The lowest BCUT2D eigenvalue weighted by molar-refractivity contribution is 0.624. The highest BCUT2D eigenvalue weighted by atomic mass is 35.5.